The van der Waals surface area contributed by atoms with Crippen LogP contribution in [0, 0.1) is 11.8 Å². The minimum atomic E-state index is -0.862. The molecule has 1 N–H and O–H groups in total. The highest BCUT2D eigenvalue weighted by atomic mass is 79.9. The Morgan fingerprint density at radius 2 is 2.16 bits per heavy atom. The van der Waals surface area contributed by atoms with Gasteiger partial charge in [-0.05, 0) is 30.5 Å². The summed E-state index contributed by atoms with van der Waals surface area (Å²) < 4.78 is 1.02. The van der Waals surface area contributed by atoms with Crippen LogP contribution in [0.25, 0.3) is 0 Å². The lowest BCUT2D eigenvalue weighted by molar-refractivity contribution is -0.141. The third-order valence-corrected chi connectivity index (χ3v) is 3.92. The van der Waals surface area contributed by atoms with E-state index in [1.165, 1.54) is 0 Å². The summed E-state index contributed by atoms with van der Waals surface area (Å²) >= 11 is 3.41. The number of carbonyl (C=O) groups is 2. The molecule has 19 heavy (non-hydrogen) atoms. The van der Waals surface area contributed by atoms with Crippen molar-refractivity contribution in [3.05, 3.63) is 34.3 Å². The average Bonchev–Trinajstić information content (AvgIpc) is 3.15. The first-order valence-electron chi connectivity index (χ1n) is 6.21. The minimum absolute atomic E-state index is 0.0533. The van der Waals surface area contributed by atoms with Crippen LogP contribution < -0.4 is 0 Å². The summed E-state index contributed by atoms with van der Waals surface area (Å²) in [6, 6.07) is 7.96. The molecule has 1 aromatic carbocycles. The van der Waals surface area contributed by atoms with Crippen LogP contribution >= 0.6 is 15.9 Å². The Bertz CT molecular complexity index is 503. The fraction of sp³-hybridized carbons (Fsp3) is 0.429. The molecule has 0 saturated heterocycles. The number of carboxylic acids is 1. The van der Waals surface area contributed by atoms with E-state index in [-0.39, 0.29) is 11.8 Å². The predicted octanol–water partition coefficient (Wildman–Crippen LogP) is 2.17. The highest BCUT2D eigenvalue weighted by Gasteiger charge is 2.49. The number of carboxylic acid groups (broad SMARTS) is 1. The zero-order valence-corrected chi connectivity index (χ0v) is 12.3. The van der Waals surface area contributed by atoms with E-state index in [9.17, 15) is 9.59 Å². The first-order chi connectivity index (χ1) is 8.99. The van der Waals surface area contributed by atoms with Gasteiger partial charge < -0.3 is 10.0 Å². The van der Waals surface area contributed by atoms with Crippen LogP contribution in [0.5, 0.6) is 0 Å². The zero-order valence-electron chi connectivity index (χ0n) is 10.7. The SMILES string of the molecule is CN(CCc1cccc(Br)c1)C(=O)C1CC1C(=O)O. The lowest BCUT2D eigenvalue weighted by atomic mass is 10.1. The van der Waals surface area contributed by atoms with Crippen molar-refractivity contribution in [2.45, 2.75) is 12.8 Å². The highest BCUT2D eigenvalue weighted by Crippen LogP contribution is 2.39. The molecular formula is C14H16BrNO3. The molecule has 1 fully saturated rings. The van der Waals surface area contributed by atoms with Crippen LogP contribution in [-0.2, 0) is 16.0 Å². The van der Waals surface area contributed by atoms with E-state index >= 15 is 0 Å². The van der Waals surface area contributed by atoms with Crippen molar-refractivity contribution in [1.29, 1.82) is 0 Å². The molecule has 1 saturated carbocycles. The van der Waals surface area contributed by atoms with E-state index in [4.69, 9.17) is 5.11 Å². The summed E-state index contributed by atoms with van der Waals surface area (Å²) in [5.41, 5.74) is 1.15. The van der Waals surface area contributed by atoms with Crippen LogP contribution in [0.4, 0.5) is 0 Å². The number of halogens is 1. The Morgan fingerprint density at radius 1 is 1.42 bits per heavy atom. The molecule has 2 atom stereocenters. The molecular weight excluding hydrogens is 310 g/mol. The number of hydrogen-bond donors (Lipinski definition) is 1. The quantitative estimate of drug-likeness (QED) is 0.902. The van der Waals surface area contributed by atoms with Crippen molar-refractivity contribution in [2.24, 2.45) is 11.8 Å². The maximum atomic E-state index is 12.0. The van der Waals surface area contributed by atoms with Gasteiger partial charge in [-0.15, -0.1) is 0 Å². The van der Waals surface area contributed by atoms with Crippen LogP contribution in [0.1, 0.15) is 12.0 Å². The van der Waals surface area contributed by atoms with Crippen LogP contribution in [0.3, 0.4) is 0 Å². The van der Waals surface area contributed by atoms with Crippen molar-refractivity contribution in [1.82, 2.24) is 4.90 Å². The smallest absolute Gasteiger partial charge is 0.307 e. The summed E-state index contributed by atoms with van der Waals surface area (Å²) in [6.07, 6.45) is 1.25. The van der Waals surface area contributed by atoms with Gasteiger partial charge in [0.2, 0.25) is 5.91 Å². The molecule has 102 valence electrons. The summed E-state index contributed by atoms with van der Waals surface area (Å²) in [5, 5.41) is 8.82. The molecule has 0 radical (unpaired) electrons. The van der Waals surface area contributed by atoms with Crippen molar-refractivity contribution < 1.29 is 14.7 Å². The van der Waals surface area contributed by atoms with E-state index in [1.807, 2.05) is 24.3 Å². The number of carbonyl (C=O) groups excluding carboxylic acids is 1. The number of benzene rings is 1. The van der Waals surface area contributed by atoms with Gasteiger partial charge >= 0.3 is 5.97 Å². The van der Waals surface area contributed by atoms with Gasteiger partial charge in [0.15, 0.2) is 0 Å². The molecule has 0 aromatic heterocycles. The first-order valence-corrected chi connectivity index (χ1v) is 7.00. The van der Waals surface area contributed by atoms with Gasteiger partial charge in [-0.2, -0.15) is 0 Å². The van der Waals surface area contributed by atoms with Crippen molar-refractivity contribution >= 4 is 27.8 Å². The van der Waals surface area contributed by atoms with Gasteiger partial charge in [-0.25, -0.2) is 0 Å². The van der Waals surface area contributed by atoms with Gasteiger partial charge in [-0.3, -0.25) is 9.59 Å². The standard InChI is InChI=1S/C14H16BrNO3/c1-16(13(17)11-8-12(11)14(18)19)6-5-9-3-2-4-10(15)7-9/h2-4,7,11-12H,5-6,8H2,1H3,(H,18,19). The van der Waals surface area contributed by atoms with Gasteiger partial charge in [0.1, 0.15) is 0 Å². The fourth-order valence-electron chi connectivity index (χ4n) is 2.12. The molecule has 2 unspecified atom stereocenters. The first kappa shape index (κ1) is 14.1. The fourth-order valence-corrected chi connectivity index (χ4v) is 2.57. The third-order valence-electron chi connectivity index (χ3n) is 3.43. The molecule has 1 amide bonds. The minimum Gasteiger partial charge on any atom is -0.481 e. The van der Waals surface area contributed by atoms with E-state index in [2.05, 4.69) is 15.9 Å². The van der Waals surface area contributed by atoms with E-state index < -0.39 is 11.9 Å². The second-order valence-corrected chi connectivity index (χ2v) is 5.84. The second kappa shape index (κ2) is 5.74. The Hall–Kier alpha value is -1.36. The monoisotopic (exact) mass is 325 g/mol. The molecule has 1 aromatic rings. The predicted molar refractivity (Wildman–Crippen MR) is 74.7 cm³/mol. The van der Waals surface area contributed by atoms with Crippen LogP contribution in [-0.4, -0.2) is 35.5 Å². The molecule has 5 heteroatoms. The molecule has 0 heterocycles. The maximum absolute atomic E-state index is 12.0. The lowest BCUT2D eigenvalue weighted by Gasteiger charge is -2.17. The highest BCUT2D eigenvalue weighted by molar-refractivity contribution is 9.10. The summed E-state index contributed by atoms with van der Waals surface area (Å²) in [4.78, 5) is 24.3. The van der Waals surface area contributed by atoms with E-state index in [0.717, 1.165) is 16.5 Å². The van der Waals surface area contributed by atoms with Crippen LogP contribution in [0.15, 0.2) is 28.7 Å². The Balaban J connectivity index is 1.83. The van der Waals surface area contributed by atoms with Gasteiger partial charge in [0.05, 0.1) is 11.8 Å². The zero-order chi connectivity index (χ0) is 14.0. The Labute approximate surface area is 120 Å². The summed E-state index contributed by atoms with van der Waals surface area (Å²) in [6.45, 7) is 0.609. The molecule has 1 aliphatic rings. The largest absolute Gasteiger partial charge is 0.481 e. The van der Waals surface area contributed by atoms with E-state index in [0.29, 0.717) is 13.0 Å². The number of aliphatic carboxylic acids is 1. The molecule has 0 bridgehead atoms. The van der Waals surface area contributed by atoms with Gasteiger partial charge in [0.25, 0.3) is 0 Å². The summed E-state index contributed by atoms with van der Waals surface area (Å²) in [7, 11) is 1.73. The molecule has 0 aliphatic heterocycles. The second-order valence-electron chi connectivity index (χ2n) is 4.93. The molecule has 1 aliphatic carbocycles. The maximum Gasteiger partial charge on any atom is 0.307 e. The number of nitrogens with zero attached hydrogens (tertiary/aromatic N) is 1. The van der Waals surface area contributed by atoms with Crippen LogP contribution in [0.2, 0.25) is 0 Å². The number of likely N-dealkylation sites (N-methyl/N-ethyl adjacent to an activating group) is 1. The lowest BCUT2D eigenvalue weighted by Crippen LogP contribution is -2.31. The third kappa shape index (κ3) is 3.56. The Kier molecular flexibility index (Phi) is 4.24. The molecule has 0 spiro atoms. The number of amides is 1. The van der Waals surface area contributed by atoms with Gasteiger partial charge in [-0.1, -0.05) is 28.1 Å². The van der Waals surface area contributed by atoms with E-state index in [1.54, 1.807) is 11.9 Å². The van der Waals surface area contributed by atoms with Crippen molar-refractivity contribution in [3.8, 4) is 0 Å². The number of rotatable bonds is 5. The normalized spacial score (nSPS) is 20.9. The average molecular weight is 326 g/mol. The topological polar surface area (TPSA) is 57.6 Å². The number of hydrogen-bond acceptors (Lipinski definition) is 2. The summed E-state index contributed by atoms with van der Waals surface area (Å²) in [5.74, 6) is -1.70. The molecule has 4 nitrogen and oxygen atoms in total. The van der Waals surface area contributed by atoms with Gasteiger partial charge in [0, 0.05) is 18.1 Å². The van der Waals surface area contributed by atoms with Crippen molar-refractivity contribution in [2.75, 3.05) is 13.6 Å². The molecule has 2 rings (SSSR count). The van der Waals surface area contributed by atoms with Crippen molar-refractivity contribution in [3.63, 3.8) is 0 Å². The Morgan fingerprint density at radius 3 is 2.74 bits per heavy atom.